The molecule has 1 aromatic rings. The van der Waals surface area contributed by atoms with Crippen molar-refractivity contribution in [3.05, 3.63) is 22.2 Å². The molecule has 0 atom stereocenters. The number of nitrogens with two attached hydrogens (primary N) is 1. The van der Waals surface area contributed by atoms with Crippen molar-refractivity contribution in [2.75, 3.05) is 32.0 Å². The summed E-state index contributed by atoms with van der Waals surface area (Å²) in [7, 11) is 0. The molecule has 1 fully saturated rings. The van der Waals surface area contributed by atoms with Crippen molar-refractivity contribution in [2.24, 2.45) is 0 Å². The molecule has 0 unspecified atom stereocenters. The van der Waals surface area contributed by atoms with E-state index in [1.807, 2.05) is 6.92 Å². The first-order valence-corrected chi connectivity index (χ1v) is 5.93. The molecule has 2 rings (SSSR count). The van der Waals surface area contributed by atoms with Crippen LogP contribution < -0.4 is 11.1 Å². The summed E-state index contributed by atoms with van der Waals surface area (Å²) in [4.78, 5) is 0. The summed E-state index contributed by atoms with van der Waals surface area (Å²) in [5.41, 5.74) is 6.79. The maximum absolute atomic E-state index is 9.08. The van der Waals surface area contributed by atoms with Crippen molar-refractivity contribution in [1.82, 2.24) is 5.32 Å². The summed E-state index contributed by atoms with van der Waals surface area (Å²) >= 11 is 3.29. The van der Waals surface area contributed by atoms with Gasteiger partial charge in [0, 0.05) is 17.6 Å². The number of halogens is 1. The number of hydrogen-bond acceptors (Lipinski definition) is 4. The van der Waals surface area contributed by atoms with Crippen molar-refractivity contribution in [1.29, 1.82) is 0 Å². The molecule has 1 aliphatic heterocycles. The van der Waals surface area contributed by atoms with Crippen molar-refractivity contribution in [2.45, 2.75) is 6.92 Å². The first-order chi connectivity index (χ1) is 7.61. The SMILES string of the molecule is C1COCCN1.Cc1cc(O)c(N)cc1Br. The molecule has 1 aromatic carbocycles. The second-order valence-electron chi connectivity index (χ2n) is 3.52. The maximum atomic E-state index is 9.08. The number of hydrogen-bond donors (Lipinski definition) is 3. The fourth-order valence-electron chi connectivity index (χ4n) is 1.20. The fourth-order valence-corrected chi connectivity index (χ4v) is 1.56. The topological polar surface area (TPSA) is 67.5 Å². The number of benzene rings is 1. The first kappa shape index (κ1) is 13.3. The molecule has 4 nitrogen and oxygen atoms in total. The van der Waals surface area contributed by atoms with E-state index in [0.29, 0.717) is 5.69 Å². The molecule has 90 valence electrons. The molecule has 1 saturated heterocycles. The number of phenols is 1. The van der Waals surface area contributed by atoms with Crippen LogP contribution in [0.4, 0.5) is 5.69 Å². The average Bonchev–Trinajstić information content (AvgIpc) is 2.30. The number of aromatic hydroxyl groups is 1. The third-order valence-corrected chi connectivity index (χ3v) is 3.01. The molecule has 0 amide bonds. The van der Waals surface area contributed by atoms with E-state index in [1.165, 1.54) is 0 Å². The van der Waals surface area contributed by atoms with E-state index in [4.69, 9.17) is 15.6 Å². The Labute approximate surface area is 104 Å². The number of rotatable bonds is 0. The number of ether oxygens (including phenoxy) is 1. The lowest BCUT2D eigenvalue weighted by molar-refractivity contribution is 0.109. The minimum Gasteiger partial charge on any atom is -0.506 e. The van der Waals surface area contributed by atoms with Crippen LogP contribution >= 0.6 is 15.9 Å². The number of morpholine rings is 1. The monoisotopic (exact) mass is 288 g/mol. The van der Waals surface area contributed by atoms with E-state index < -0.39 is 0 Å². The summed E-state index contributed by atoms with van der Waals surface area (Å²) in [6, 6.07) is 3.31. The highest BCUT2D eigenvalue weighted by Gasteiger charge is 1.99. The molecule has 0 aromatic heterocycles. The second-order valence-corrected chi connectivity index (χ2v) is 4.38. The Balaban J connectivity index is 0.000000181. The molecule has 4 N–H and O–H groups in total. The normalized spacial score (nSPS) is 15.1. The second kappa shape index (κ2) is 6.73. The lowest BCUT2D eigenvalue weighted by Crippen LogP contribution is -2.30. The van der Waals surface area contributed by atoms with Gasteiger partial charge in [0.25, 0.3) is 0 Å². The number of phenolic OH excluding ortho intramolecular Hbond substituents is 1. The molecule has 5 heteroatoms. The lowest BCUT2D eigenvalue weighted by atomic mass is 10.2. The van der Waals surface area contributed by atoms with E-state index in [-0.39, 0.29) is 5.75 Å². The van der Waals surface area contributed by atoms with Gasteiger partial charge in [-0.2, -0.15) is 0 Å². The largest absolute Gasteiger partial charge is 0.506 e. The van der Waals surface area contributed by atoms with Crippen LogP contribution in [0.15, 0.2) is 16.6 Å². The quantitative estimate of drug-likeness (QED) is 0.502. The Hall–Kier alpha value is -0.780. The molecule has 16 heavy (non-hydrogen) atoms. The van der Waals surface area contributed by atoms with Gasteiger partial charge in [-0.15, -0.1) is 0 Å². The Morgan fingerprint density at radius 3 is 2.38 bits per heavy atom. The molecule has 0 bridgehead atoms. The van der Waals surface area contributed by atoms with Gasteiger partial charge in [0.2, 0.25) is 0 Å². The van der Waals surface area contributed by atoms with Crippen LogP contribution in [0.3, 0.4) is 0 Å². The van der Waals surface area contributed by atoms with E-state index in [2.05, 4.69) is 21.2 Å². The van der Waals surface area contributed by atoms with Gasteiger partial charge < -0.3 is 20.9 Å². The van der Waals surface area contributed by atoms with Gasteiger partial charge in [-0.1, -0.05) is 15.9 Å². The molecule has 0 spiro atoms. The summed E-state index contributed by atoms with van der Waals surface area (Å²) in [6.45, 7) is 5.73. The van der Waals surface area contributed by atoms with Gasteiger partial charge in [0.05, 0.1) is 18.9 Å². The highest BCUT2D eigenvalue weighted by molar-refractivity contribution is 9.10. The smallest absolute Gasteiger partial charge is 0.138 e. The van der Waals surface area contributed by atoms with Crippen LogP contribution in [0, 0.1) is 6.92 Å². The third kappa shape index (κ3) is 4.38. The molecule has 1 aliphatic rings. The van der Waals surface area contributed by atoms with Crippen molar-refractivity contribution >= 4 is 21.6 Å². The van der Waals surface area contributed by atoms with Gasteiger partial charge in [-0.25, -0.2) is 0 Å². The number of anilines is 1. The van der Waals surface area contributed by atoms with Gasteiger partial charge in [0.1, 0.15) is 5.75 Å². The summed E-state index contributed by atoms with van der Waals surface area (Å²) in [6.07, 6.45) is 0. The van der Waals surface area contributed by atoms with Gasteiger partial charge in [-0.05, 0) is 24.6 Å². The number of aryl methyl sites for hydroxylation is 1. The van der Waals surface area contributed by atoms with Crippen LogP contribution in [0.5, 0.6) is 5.75 Å². The zero-order valence-corrected chi connectivity index (χ0v) is 10.9. The van der Waals surface area contributed by atoms with Crippen LogP contribution in [0.2, 0.25) is 0 Å². The Bertz CT molecular complexity index is 279. The molecule has 0 aliphatic carbocycles. The zero-order valence-electron chi connectivity index (χ0n) is 9.29. The minimum absolute atomic E-state index is 0.140. The number of nitrogen functional groups attached to an aromatic ring is 1. The zero-order chi connectivity index (χ0) is 12.0. The Morgan fingerprint density at radius 2 is 2.00 bits per heavy atom. The molecule has 0 radical (unpaired) electrons. The molecule has 1 heterocycles. The number of nitrogens with one attached hydrogen (secondary N) is 1. The fraction of sp³-hybridized carbons (Fsp3) is 0.455. The average molecular weight is 289 g/mol. The van der Waals surface area contributed by atoms with Crippen molar-refractivity contribution in [3.8, 4) is 5.75 Å². The highest BCUT2D eigenvalue weighted by Crippen LogP contribution is 2.27. The Morgan fingerprint density at radius 1 is 1.38 bits per heavy atom. The summed E-state index contributed by atoms with van der Waals surface area (Å²) < 4.78 is 5.93. The van der Waals surface area contributed by atoms with Crippen LogP contribution in [0.1, 0.15) is 5.56 Å². The standard InChI is InChI=1S/C7H8BrNO.C4H9NO/c1-4-2-7(10)6(9)3-5(4)8;1-3-6-4-2-5-1/h2-3,10H,9H2,1H3;5H,1-4H2. The first-order valence-electron chi connectivity index (χ1n) is 5.14. The van der Waals surface area contributed by atoms with E-state index >= 15 is 0 Å². The van der Waals surface area contributed by atoms with Gasteiger partial charge in [0.15, 0.2) is 0 Å². The summed E-state index contributed by atoms with van der Waals surface area (Å²) in [5.74, 6) is 0.140. The maximum Gasteiger partial charge on any atom is 0.138 e. The van der Waals surface area contributed by atoms with Crippen LogP contribution in [0.25, 0.3) is 0 Å². The highest BCUT2D eigenvalue weighted by atomic mass is 79.9. The third-order valence-electron chi connectivity index (χ3n) is 2.15. The Kier molecular flexibility index (Phi) is 5.59. The predicted octanol–water partition coefficient (Wildman–Crippen LogP) is 1.65. The molecular formula is C11H17BrN2O2. The predicted molar refractivity (Wildman–Crippen MR) is 68.6 cm³/mol. The lowest BCUT2D eigenvalue weighted by Gasteiger charge is -2.10. The van der Waals surface area contributed by atoms with E-state index in [9.17, 15) is 0 Å². The van der Waals surface area contributed by atoms with Gasteiger partial charge >= 0.3 is 0 Å². The van der Waals surface area contributed by atoms with Crippen LogP contribution in [-0.4, -0.2) is 31.4 Å². The molecule has 0 saturated carbocycles. The molecular weight excluding hydrogens is 272 g/mol. The van der Waals surface area contributed by atoms with E-state index in [1.54, 1.807) is 12.1 Å². The van der Waals surface area contributed by atoms with E-state index in [0.717, 1.165) is 36.3 Å². The van der Waals surface area contributed by atoms with Crippen LogP contribution in [-0.2, 0) is 4.74 Å². The van der Waals surface area contributed by atoms with Gasteiger partial charge in [-0.3, -0.25) is 0 Å². The minimum atomic E-state index is 0.140. The van der Waals surface area contributed by atoms with Crippen molar-refractivity contribution < 1.29 is 9.84 Å². The summed E-state index contributed by atoms with van der Waals surface area (Å²) in [5, 5.41) is 12.2. The van der Waals surface area contributed by atoms with Crippen molar-refractivity contribution in [3.63, 3.8) is 0 Å².